The highest BCUT2D eigenvalue weighted by Crippen LogP contribution is 2.13. The van der Waals surface area contributed by atoms with E-state index in [-0.39, 0.29) is 18.2 Å². The first-order valence-electron chi connectivity index (χ1n) is 6.21. The van der Waals surface area contributed by atoms with Gasteiger partial charge in [-0.05, 0) is 37.3 Å². The first kappa shape index (κ1) is 13.8. The van der Waals surface area contributed by atoms with Crippen LogP contribution in [0.4, 0.5) is 11.4 Å². The summed E-state index contributed by atoms with van der Waals surface area (Å²) in [6.07, 6.45) is 0.220. The second-order valence-electron chi connectivity index (χ2n) is 4.53. The first-order chi connectivity index (χ1) is 9.52. The predicted molar refractivity (Wildman–Crippen MR) is 76.4 cm³/mol. The van der Waals surface area contributed by atoms with Crippen molar-refractivity contribution >= 4 is 23.2 Å². The topological polar surface area (TPSA) is 86.9 Å². The van der Waals surface area contributed by atoms with E-state index >= 15 is 0 Å². The first-order valence-corrected chi connectivity index (χ1v) is 6.21. The number of carbonyl (C=O) groups is 2. The summed E-state index contributed by atoms with van der Waals surface area (Å²) in [6, 6.07) is 8.77. The molecule has 1 aromatic carbocycles. The fraction of sp³-hybridized carbons (Fsp3) is 0.214. The Balaban J connectivity index is 1.92. The Kier molecular flexibility index (Phi) is 4.14. The van der Waals surface area contributed by atoms with Crippen LogP contribution in [-0.4, -0.2) is 22.0 Å². The third-order valence-corrected chi connectivity index (χ3v) is 2.59. The van der Waals surface area contributed by atoms with E-state index in [1.54, 1.807) is 24.3 Å². The molecule has 0 saturated carbocycles. The molecule has 104 valence electrons. The van der Waals surface area contributed by atoms with Gasteiger partial charge in [-0.1, -0.05) is 0 Å². The molecule has 0 fully saturated rings. The maximum absolute atomic E-state index is 11.8. The minimum absolute atomic E-state index is 0.129. The molecule has 0 aliphatic rings. The number of H-pyrrole nitrogens is 1. The van der Waals surface area contributed by atoms with E-state index in [2.05, 4.69) is 20.8 Å². The van der Waals surface area contributed by atoms with Gasteiger partial charge in [0.15, 0.2) is 0 Å². The molecule has 0 aliphatic heterocycles. The van der Waals surface area contributed by atoms with Gasteiger partial charge < -0.3 is 10.6 Å². The van der Waals surface area contributed by atoms with Crippen molar-refractivity contribution in [1.29, 1.82) is 0 Å². The van der Waals surface area contributed by atoms with E-state index in [1.165, 1.54) is 6.92 Å². The van der Waals surface area contributed by atoms with Crippen molar-refractivity contribution in [3.05, 3.63) is 41.7 Å². The smallest absolute Gasteiger partial charge is 0.230 e. The molecule has 0 saturated heterocycles. The summed E-state index contributed by atoms with van der Waals surface area (Å²) in [4.78, 5) is 22.7. The van der Waals surface area contributed by atoms with Crippen molar-refractivity contribution in [2.75, 3.05) is 10.6 Å². The average Bonchev–Trinajstić information content (AvgIpc) is 2.76. The van der Waals surface area contributed by atoms with Crippen molar-refractivity contribution in [2.24, 2.45) is 0 Å². The van der Waals surface area contributed by atoms with Crippen LogP contribution in [0.3, 0.4) is 0 Å². The largest absolute Gasteiger partial charge is 0.326 e. The number of hydrogen-bond acceptors (Lipinski definition) is 3. The SMILES string of the molecule is CC(=O)Nc1ccc(NC(=O)Cc2cc(C)[nH]n2)cc1. The maximum atomic E-state index is 11.8. The molecule has 0 spiro atoms. The summed E-state index contributed by atoms with van der Waals surface area (Å²) >= 11 is 0. The van der Waals surface area contributed by atoms with E-state index < -0.39 is 0 Å². The van der Waals surface area contributed by atoms with Gasteiger partial charge in [0.1, 0.15) is 0 Å². The third kappa shape index (κ3) is 3.94. The lowest BCUT2D eigenvalue weighted by Crippen LogP contribution is -2.14. The molecule has 0 atom stereocenters. The van der Waals surface area contributed by atoms with E-state index in [9.17, 15) is 9.59 Å². The molecule has 1 heterocycles. The molecular formula is C14H16N4O2. The van der Waals surface area contributed by atoms with Crippen molar-refractivity contribution in [2.45, 2.75) is 20.3 Å². The van der Waals surface area contributed by atoms with Crippen LogP contribution in [0.15, 0.2) is 30.3 Å². The third-order valence-electron chi connectivity index (χ3n) is 2.59. The van der Waals surface area contributed by atoms with Crippen LogP contribution in [-0.2, 0) is 16.0 Å². The highest BCUT2D eigenvalue weighted by Gasteiger charge is 2.06. The van der Waals surface area contributed by atoms with Crippen molar-refractivity contribution in [3.8, 4) is 0 Å². The molecule has 6 heteroatoms. The van der Waals surface area contributed by atoms with Crippen molar-refractivity contribution in [3.63, 3.8) is 0 Å². The van der Waals surface area contributed by atoms with Gasteiger partial charge in [-0.25, -0.2) is 0 Å². The lowest BCUT2D eigenvalue weighted by Gasteiger charge is -2.06. The number of amides is 2. The summed E-state index contributed by atoms with van der Waals surface area (Å²) in [5, 5.41) is 12.2. The van der Waals surface area contributed by atoms with Gasteiger partial charge in [-0.3, -0.25) is 14.7 Å². The number of aromatic amines is 1. The van der Waals surface area contributed by atoms with Crippen LogP contribution in [0.25, 0.3) is 0 Å². The monoisotopic (exact) mass is 272 g/mol. The van der Waals surface area contributed by atoms with Gasteiger partial charge in [-0.2, -0.15) is 5.10 Å². The zero-order chi connectivity index (χ0) is 14.5. The molecule has 0 aliphatic carbocycles. The van der Waals surface area contributed by atoms with Crippen LogP contribution in [0.5, 0.6) is 0 Å². The van der Waals surface area contributed by atoms with Crippen LogP contribution < -0.4 is 10.6 Å². The Hall–Kier alpha value is -2.63. The highest BCUT2D eigenvalue weighted by atomic mass is 16.2. The molecule has 0 unspecified atom stereocenters. The average molecular weight is 272 g/mol. The molecule has 1 aromatic heterocycles. The van der Waals surface area contributed by atoms with Crippen LogP contribution in [0.1, 0.15) is 18.3 Å². The second-order valence-corrected chi connectivity index (χ2v) is 4.53. The van der Waals surface area contributed by atoms with E-state index in [0.29, 0.717) is 17.1 Å². The summed E-state index contributed by atoms with van der Waals surface area (Å²) in [5.74, 6) is -0.264. The van der Waals surface area contributed by atoms with Gasteiger partial charge in [0.05, 0.1) is 12.1 Å². The maximum Gasteiger partial charge on any atom is 0.230 e. The lowest BCUT2D eigenvalue weighted by atomic mass is 10.2. The molecule has 0 bridgehead atoms. The number of hydrogen-bond donors (Lipinski definition) is 3. The quantitative estimate of drug-likeness (QED) is 0.794. The predicted octanol–water partition coefficient (Wildman–Crippen LogP) is 1.86. The number of anilines is 2. The number of nitrogens with zero attached hydrogens (tertiary/aromatic N) is 1. The Morgan fingerprint density at radius 1 is 1.15 bits per heavy atom. The number of carbonyl (C=O) groups excluding carboxylic acids is 2. The Morgan fingerprint density at radius 3 is 2.25 bits per heavy atom. The van der Waals surface area contributed by atoms with E-state index in [0.717, 1.165) is 5.69 Å². The summed E-state index contributed by atoms with van der Waals surface area (Å²) in [5.41, 5.74) is 3.00. The van der Waals surface area contributed by atoms with Gasteiger partial charge in [0.2, 0.25) is 11.8 Å². The summed E-state index contributed by atoms with van der Waals surface area (Å²) in [6.45, 7) is 3.33. The van der Waals surface area contributed by atoms with E-state index in [1.807, 2.05) is 13.0 Å². The van der Waals surface area contributed by atoms with Gasteiger partial charge >= 0.3 is 0 Å². The van der Waals surface area contributed by atoms with Crippen molar-refractivity contribution in [1.82, 2.24) is 10.2 Å². The molecule has 0 radical (unpaired) electrons. The summed E-state index contributed by atoms with van der Waals surface area (Å²) < 4.78 is 0. The molecular weight excluding hydrogens is 256 g/mol. The van der Waals surface area contributed by atoms with Crippen LogP contribution >= 0.6 is 0 Å². The molecule has 2 aromatic rings. The summed E-state index contributed by atoms with van der Waals surface area (Å²) in [7, 11) is 0. The molecule has 3 N–H and O–H groups in total. The normalized spacial score (nSPS) is 10.1. The number of benzene rings is 1. The van der Waals surface area contributed by atoms with Gasteiger partial charge in [0.25, 0.3) is 0 Å². The van der Waals surface area contributed by atoms with Crippen LogP contribution in [0.2, 0.25) is 0 Å². The number of aryl methyl sites for hydroxylation is 1. The lowest BCUT2D eigenvalue weighted by molar-refractivity contribution is -0.116. The Morgan fingerprint density at radius 2 is 1.75 bits per heavy atom. The molecule has 2 amide bonds. The Labute approximate surface area is 116 Å². The molecule has 2 rings (SSSR count). The zero-order valence-corrected chi connectivity index (χ0v) is 11.4. The minimum Gasteiger partial charge on any atom is -0.326 e. The van der Waals surface area contributed by atoms with Crippen LogP contribution in [0, 0.1) is 6.92 Å². The number of rotatable bonds is 4. The second kappa shape index (κ2) is 6.01. The Bertz CT molecular complexity index is 616. The van der Waals surface area contributed by atoms with Gasteiger partial charge in [-0.15, -0.1) is 0 Å². The number of aromatic nitrogens is 2. The molecule has 20 heavy (non-hydrogen) atoms. The van der Waals surface area contributed by atoms with Gasteiger partial charge in [0, 0.05) is 24.0 Å². The highest BCUT2D eigenvalue weighted by molar-refractivity contribution is 5.93. The fourth-order valence-corrected chi connectivity index (χ4v) is 1.77. The standard InChI is InChI=1S/C14H16N4O2/c1-9-7-13(18-17-9)8-14(20)16-12-5-3-11(4-6-12)15-10(2)19/h3-7H,8H2,1-2H3,(H,15,19)(H,16,20)(H,17,18). The van der Waals surface area contributed by atoms with Crippen molar-refractivity contribution < 1.29 is 9.59 Å². The fourth-order valence-electron chi connectivity index (χ4n) is 1.77. The minimum atomic E-state index is -0.135. The molecule has 6 nitrogen and oxygen atoms in total. The number of nitrogens with one attached hydrogen (secondary N) is 3. The zero-order valence-electron chi connectivity index (χ0n) is 11.4. The van der Waals surface area contributed by atoms with E-state index in [4.69, 9.17) is 0 Å².